The predicted octanol–water partition coefficient (Wildman–Crippen LogP) is 3.84. The van der Waals surface area contributed by atoms with Gasteiger partial charge >= 0.3 is 0 Å². The Bertz CT molecular complexity index is 665. The minimum atomic E-state index is 0.152. The van der Waals surface area contributed by atoms with Crippen molar-refractivity contribution < 1.29 is 19.1 Å². The van der Waals surface area contributed by atoms with Crippen molar-refractivity contribution in [2.24, 2.45) is 0 Å². The Hall–Kier alpha value is -1.81. The lowest BCUT2D eigenvalue weighted by Crippen LogP contribution is -1.94. The number of benzene rings is 1. The van der Waals surface area contributed by atoms with Crippen molar-refractivity contribution in [1.29, 1.82) is 0 Å². The molecule has 0 atom stereocenters. The van der Waals surface area contributed by atoms with E-state index in [0.29, 0.717) is 29.2 Å². The molecule has 118 valence electrons. The second-order valence-electron chi connectivity index (χ2n) is 5.98. The van der Waals surface area contributed by atoms with Crippen molar-refractivity contribution >= 4 is 17.3 Å². The van der Waals surface area contributed by atoms with E-state index in [2.05, 4.69) is 0 Å². The zero-order chi connectivity index (χ0) is 15.5. The number of carbonyl (C=O) groups excluding carboxylic acids is 1. The van der Waals surface area contributed by atoms with Gasteiger partial charge in [-0.05, 0) is 43.4 Å². The topological polar surface area (TPSA) is 59.7 Å². The molecule has 1 aliphatic rings. The first-order valence-electron chi connectivity index (χ1n) is 7.97. The van der Waals surface area contributed by atoms with Crippen molar-refractivity contribution in [2.45, 2.75) is 44.4 Å². The maximum absolute atomic E-state index is 11.6. The molecule has 1 saturated carbocycles. The fourth-order valence-corrected chi connectivity index (χ4v) is 3.45. The monoisotopic (exact) mass is 302 g/mol. The van der Waals surface area contributed by atoms with Gasteiger partial charge < -0.3 is 14.3 Å². The average Bonchev–Trinajstić information content (AvgIpc) is 3.18. The van der Waals surface area contributed by atoms with Crippen LogP contribution < -0.4 is 4.74 Å². The first-order chi connectivity index (χ1) is 10.8. The molecule has 1 aliphatic carbocycles. The lowest BCUT2D eigenvalue weighted by atomic mass is 9.98. The van der Waals surface area contributed by atoms with Crippen molar-refractivity contribution in [3.63, 3.8) is 0 Å². The van der Waals surface area contributed by atoms with Gasteiger partial charge in [0.15, 0.2) is 17.6 Å². The Balaban J connectivity index is 2.12. The molecule has 1 aromatic heterocycles. The number of ether oxygens (including phenoxy) is 1. The summed E-state index contributed by atoms with van der Waals surface area (Å²) in [6.07, 6.45) is 6.91. The third-order valence-corrected chi connectivity index (χ3v) is 4.57. The lowest BCUT2D eigenvalue weighted by molar-refractivity contribution is 0.112. The van der Waals surface area contributed by atoms with Crippen LogP contribution in [0.4, 0.5) is 0 Å². The highest BCUT2D eigenvalue weighted by Gasteiger charge is 2.26. The molecule has 0 spiro atoms. The van der Waals surface area contributed by atoms with Crippen LogP contribution in [0.2, 0.25) is 0 Å². The SMILES string of the molecule is COc1cc(CCCO)cc2c(C=O)c(C3CCCC3)oc12. The molecule has 0 amide bonds. The number of methoxy groups -OCH3 is 1. The maximum atomic E-state index is 11.6. The molecule has 0 radical (unpaired) electrons. The fraction of sp³-hybridized carbons (Fsp3) is 0.500. The highest BCUT2D eigenvalue weighted by molar-refractivity contribution is 6.00. The first-order valence-corrected chi connectivity index (χ1v) is 7.97. The molecule has 4 nitrogen and oxygen atoms in total. The van der Waals surface area contributed by atoms with Gasteiger partial charge in [-0.25, -0.2) is 0 Å². The molecule has 1 fully saturated rings. The number of furan rings is 1. The normalized spacial score (nSPS) is 15.5. The summed E-state index contributed by atoms with van der Waals surface area (Å²) in [6.45, 7) is 0.152. The molecule has 0 aliphatic heterocycles. The Morgan fingerprint density at radius 3 is 2.77 bits per heavy atom. The van der Waals surface area contributed by atoms with Crippen LogP contribution in [-0.2, 0) is 6.42 Å². The zero-order valence-electron chi connectivity index (χ0n) is 12.9. The van der Waals surface area contributed by atoms with E-state index in [4.69, 9.17) is 14.3 Å². The number of aryl methyl sites for hydroxylation is 1. The van der Waals surface area contributed by atoms with Crippen molar-refractivity contribution in [3.8, 4) is 5.75 Å². The second-order valence-corrected chi connectivity index (χ2v) is 5.98. The quantitative estimate of drug-likeness (QED) is 0.824. The fourth-order valence-electron chi connectivity index (χ4n) is 3.45. The van der Waals surface area contributed by atoms with Crippen LogP contribution in [0.3, 0.4) is 0 Å². The number of aldehydes is 1. The predicted molar refractivity (Wildman–Crippen MR) is 84.8 cm³/mol. The summed E-state index contributed by atoms with van der Waals surface area (Å²) in [6, 6.07) is 3.94. The van der Waals surface area contributed by atoms with Gasteiger partial charge in [-0.3, -0.25) is 4.79 Å². The molecule has 0 bridgehead atoms. The van der Waals surface area contributed by atoms with Crippen LogP contribution in [0.1, 0.15) is 59.7 Å². The molecule has 0 unspecified atom stereocenters. The third kappa shape index (κ3) is 2.63. The minimum Gasteiger partial charge on any atom is -0.493 e. The number of aliphatic hydroxyl groups excluding tert-OH is 1. The van der Waals surface area contributed by atoms with E-state index in [1.807, 2.05) is 12.1 Å². The van der Waals surface area contributed by atoms with Gasteiger partial charge in [0.05, 0.1) is 12.7 Å². The highest BCUT2D eigenvalue weighted by atomic mass is 16.5. The van der Waals surface area contributed by atoms with Crippen molar-refractivity contribution in [2.75, 3.05) is 13.7 Å². The zero-order valence-corrected chi connectivity index (χ0v) is 12.9. The van der Waals surface area contributed by atoms with Gasteiger partial charge in [-0.15, -0.1) is 0 Å². The summed E-state index contributed by atoms with van der Waals surface area (Å²) >= 11 is 0. The summed E-state index contributed by atoms with van der Waals surface area (Å²) in [5.41, 5.74) is 2.39. The van der Waals surface area contributed by atoms with Crippen LogP contribution >= 0.6 is 0 Å². The first kappa shape index (κ1) is 15.1. The van der Waals surface area contributed by atoms with Gasteiger partial charge in [0.1, 0.15) is 5.76 Å². The molecule has 22 heavy (non-hydrogen) atoms. The van der Waals surface area contributed by atoms with E-state index in [-0.39, 0.29) is 6.61 Å². The second kappa shape index (κ2) is 6.53. The number of carbonyl (C=O) groups is 1. The Labute approximate surface area is 130 Å². The molecule has 1 aromatic carbocycles. The van der Waals surface area contributed by atoms with Gasteiger partial charge in [0.25, 0.3) is 0 Å². The Morgan fingerprint density at radius 2 is 2.14 bits per heavy atom. The Kier molecular flexibility index (Phi) is 4.48. The van der Waals surface area contributed by atoms with Gasteiger partial charge in [-0.2, -0.15) is 0 Å². The number of fused-ring (bicyclic) bond motifs is 1. The summed E-state index contributed by atoms with van der Waals surface area (Å²) in [5.74, 6) is 1.83. The maximum Gasteiger partial charge on any atom is 0.176 e. The standard InChI is InChI=1S/C18H22O4/c1-21-16-10-12(5-4-8-19)9-14-15(11-20)17(22-18(14)16)13-6-2-3-7-13/h9-11,13,19H,2-8H2,1H3. The van der Waals surface area contributed by atoms with E-state index >= 15 is 0 Å². The van der Waals surface area contributed by atoms with Crippen LogP contribution in [0, 0.1) is 0 Å². The molecule has 1 N–H and O–H groups in total. The van der Waals surface area contributed by atoms with Crippen LogP contribution in [-0.4, -0.2) is 25.1 Å². The van der Waals surface area contributed by atoms with Crippen LogP contribution in [0.5, 0.6) is 5.75 Å². The highest BCUT2D eigenvalue weighted by Crippen LogP contribution is 2.42. The minimum absolute atomic E-state index is 0.152. The van der Waals surface area contributed by atoms with Crippen LogP contribution in [0.25, 0.3) is 11.0 Å². The van der Waals surface area contributed by atoms with Gasteiger partial charge in [-0.1, -0.05) is 12.8 Å². The number of hydrogen-bond donors (Lipinski definition) is 1. The van der Waals surface area contributed by atoms with E-state index in [1.54, 1.807) is 7.11 Å². The van der Waals surface area contributed by atoms with E-state index in [1.165, 1.54) is 12.8 Å². The molecular formula is C18H22O4. The summed E-state index contributed by atoms with van der Waals surface area (Å²) in [4.78, 5) is 11.6. The largest absolute Gasteiger partial charge is 0.493 e. The lowest BCUT2D eigenvalue weighted by Gasteiger charge is -2.05. The number of rotatable bonds is 6. The average molecular weight is 302 g/mol. The number of hydrogen-bond acceptors (Lipinski definition) is 4. The van der Waals surface area contributed by atoms with E-state index in [9.17, 15) is 4.79 Å². The smallest absolute Gasteiger partial charge is 0.176 e. The van der Waals surface area contributed by atoms with E-state index in [0.717, 1.165) is 42.3 Å². The van der Waals surface area contributed by atoms with Crippen molar-refractivity contribution in [3.05, 3.63) is 29.0 Å². The van der Waals surface area contributed by atoms with Crippen molar-refractivity contribution in [1.82, 2.24) is 0 Å². The Morgan fingerprint density at radius 1 is 1.36 bits per heavy atom. The molecule has 4 heteroatoms. The summed E-state index contributed by atoms with van der Waals surface area (Å²) < 4.78 is 11.5. The van der Waals surface area contributed by atoms with Gasteiger partial charge in [0.2, 0.25) is 0 Å². The molecule has 1 heterocycles. The summed E-state index contributed by atoms with van der Waals surface area (Å²) in [7, 11) is 1.61. The van der Waals surface area contributed by atoms with Crippen LogP contribution in [0.15, 0.2) is 16.5 Å². The molecule has 3 rings (SSSR count). The third-order valence-electron chi connectivity index (χ3n) is 4.57. The molecular weight excluding hydrogens is 280 g/mol. The molecule has 0 saturated heterocycles. The number of aliphatic hydroxyl groups is 1. The summed E-state index contributed by atoms with van der Waals surface area (Å²) in [5, 5.41) is 9.85. The molecule has 2 aromatic rings. The van der Waals surface area contributed by atoms with Gasteiger partial charge in [0, 0.05) is 17.9 Å². The van der Waals surface area contributed by atoms with E-state index < -0.39 is 0 Å².